The second-order valence-electron chi connectivity index (χ2n) is 5.41. The van der Waals surface area contributed by atoms with Gasteiger partial charge in [0.05, 0.1) is 7.11 Å². The molecule has 1 amide bonds. The maximum Gasteiger partial charge on any atom is 0.453 e. The van der Waals surface area contributed by atoms with Crippen molar-refractivity contribution in [1.82, 2.24) is 25.3 Å². The summed E-state index contributed by atoms with van der Waals surface area (Å²) in [7, 11) is 1.36. The van der Waals surface area contributed by atoms with Crippen LogP contribution in [-0.4, -0.2) is 45.9 Å². The van der Waals surface area contributed by atoms with Crippen LogP contribution in [0.4, 0.5) is 19.0 Å². The molecule has 0 spiro atoms. The van der Waals surface area contributed by atoms with Gasteiger partial charge < -0.3 is 4.90 Å². The van der Waals surface area contributed by atoms with E-state index in [1.54, 1.807) is 6.07 Å². The fourth-order valence-corrected chi connectivity index (χ4v) is 2.68. The number of nitrogens with one attached hydrogen (secondary N) is 1. The maximum atomic E-state index is 12.9. The molecule has 0 aliphatic carbocycles. The molecule has 0 unspecified atom stereocenters. The van der Waals surface area contributed by atoms with Gasteiger partial charge in [-0.05, 0) is 25.0 Å². The van der Waals surface area contributed by atoms with Gasteiger partial charge in [0.2, 0.25) is 5.91 Å². The van der Waals surface area contributed by atoms with Crippen molar-refractivity contribution in [2.45, 2.75) is 19.0 Å². The van der Waals surface area contributed by atoms with Crippen molar-refractivity contribution in [3.8, 4) is 0 Å². The number of amides is 1. The standard InChI is InChI=1S/C13H15F3N6O2/c1-24-20-11(23)8-4-6-21(7-5-8)10-3-2-9-17-18-12(13(14,15)16)22(9)19-10/h2-3,8H,4-7H2,1H3,(H,20,23). The van der Waals surface area contributed by atoms with Crippen molar-refractivity contribution in [1.29, 1.82) is 0 Å². The summed E-state index contributed by atoms with van der Waals surface area (Å²) in [6.45, 7) is 1.01. The van der Waals surface area contributed by atoms with Gasteiger partial charge in [-0.2, -0.15) is 17.7 Å². The van der Waals surface area contributed by atoms with Gasteiger partial charge in [0.1, 0.15) is 5.82 Å². The Bertz CT molecular complexity index is 739. The Morgan fingerprint density at radius 2 is 2.00 bits per heavy atom. The first-order chi connectivity index (χ1) is 11.4. The average Bonchev–Trinajstić information content (AvgIpc) is 2.98. The van der Waals surface area contributed by atoms with Crippen molar-refractivity contribution in [2.24, 2.45) is 5.92 Å². The molecule has 0 aromatic carbocycles. The number of piperidine rings is 1. The first-order valence-corrected chi connectivity index (χ1v) is 7.27. The monoisotopic (exact) mass is 344 g/mol. The summed E-state index contributed by atoms with van der Waals surface area (Å²) < 4.78 is 39.4. The number of halogens is 3. The molecule has 3 rings (SSSR count). The van der Waals surface area contributed by atoms with Gasteiger partial charge in [0, 0.05) is 19.0 Å². The van der Waals surface area contributed by atoms with Gasteiger partial charge in [0.15, 0.2) is 5.65 Å². The largest absolute Gasteiger partial charge is 0.453 e. The normalized spacial score (nSPS) is 16.6. The van der Waals surface area contributed by atoms with E-state index >= 15 is 0 Å². The summed E-state index contributed by atoms with van der Waals surface area (Å²) in [5, 5.41) is 10.6. The first-order valence-electron chi connectivity index (χ1n) is 7.27. The summed E-state index contributed by atoms with van der Waals surface area (Å²) in [5.74, 6) is -1.16. The van der Waals surface area contributed by atoms with Gasteiger partial charge >= 0.3 is 6.18 Å². The molecule has 24 heavy (non-hydrogen) atoms. The van der Waals surface area contributed by atoms with Crippen LogP contribution in [0.3, 0.4) is 0 Å². The van der Waals surface area contributed by atoms with E-state index in [9.17, 15) is 18.0 Å². The molecule has 3 heterocycles. The Hall–Kier alpha value is -2.43. The summed E-state index contributed by atoms with van der Waals surface area (Å²) in [6.07, 6.45) is -3.51. The second kappa shape index (κ2) is 6.23. The third-order valence-electron chi connectivity index (χ3n) is 3.89. The van der Waals surface area contributed by atoms with Gasteiger partial charge in [-0.25, -0.2) is 5.48 Å². The lowest BCUT2D eigenvalue weighted by molar-refractivity contribution is -0.146. The number of hydroxylamine groups is 1. The van der Waals surface area contributed by atoms with Crippen LogP contribution in [0.5, 0.6) is 0 Å². The van der Waals surface area contributed by atoms with E-state index in [1.807, 2.05) is 4.90 Å². The molecule has 0 saturated carbocycles. The predicted octanol–water partition coefficient (Wildman–Crippen LogP) is 1.04. The van der Waals surface area contributed by atoms with E-state index in [0.717, 1.165) is 0 Å². The van der Waals surface area contributed by atoms with E-state index in [-0.39, 0.29) is 17.5 Å². The Morgan fingerprint density at radius 3 is 2.62 bits per heavy atom. The number of hydrogen-bond donors (Lipinski definition) is 1. The lowest BCUT2D eigenvalue weighted by Crippen LogP contribution is -2.40. The minimum absolute atomic E-state index is 0.0282. The van der Waals surface area contributed by atoms with Crippen LogP contribution in [0.15, 0.2) is 12.1 Å². The predicted molar refractivity (Wildman–Crippen MR) is 75.9 cm³/mol. The second-order valence-corrected chi connectivity index (χ2v) is 5.41. The maximum absolute atomic E-state index is 12.9. The number of alkyl halides is 3. The summed E-state index contributed by atoms with van der Waals surface area (Å²) in [5.41, 5.74) is 2.32. The summed E-state index contributed by atoms with van der Waals surface area (Å²) in [4.78, 5) is 18.2. The smallest absolute Gasteiger partial charge is 0.355 e. The Labute approximate surface area is 134 Å². The molecule has 1 fully saturated rings. The third kappa shape index (κ3) is 3.11. The van der Waals surface area contributed by atoms with Crippen LogP contribution in [0.25, 0.3) is 5.65 Å². The molecule has 1 aliphatic heterocycles. The number of anilines is 1. The molecule has 1 saturated heterocycles. The molecule has 0 bridgehead atoms. The highest BCUT2D eigenvalue weighted by Crippen LogP contribution is 2.28. The number of carbonyl (C=O) groups is 1. The van der Waals surface area contributed by atoms with Gasteiger partial charge in [-0.1, -0.05) is 0 Å². The molecule has 130 valence electrons. The molecular formula is C13H15F3N6O2. The minimum Gasteiger partial charge on any atom is -0.355 e. The fourth-order valence-electron chi connectivity index (χ4n) is 2.68. The van der Waals surface area contributed by atoms with E-state index in [1.165, 1.54) is 13.2 Å². The Balaban J connectivity index is 1.78. The van der Waals surface area contributed by atoms with Crippen molar-refractivity contribution in [3.05, 3.63) is 18.0 Å². The molecule has 8 nitrogen and oxygen atoms in total. The number of rotatable bonds is 3. The van der Waals surface area contributed by atoms with Crippen molar-refractivity contribution < 1.29 is 22.8 Å². The quantitative estimate of drug-likeness (QED) is 0.838. The number of aromatic nitrogens is 4. The topological polar surface area (TPSA) is 84.6 Å². The van der Waals surface area contributed by atoms with E-state index in [4.69, 9.17) is 0 Å². The lowest BCUT2D eigenvalue weighted by Gasteiger charge is -2.31. The summed E-state index contributed by atoms with van der Waals surface area (Å²) in [6, 6.07) is 3.04. The molecule has 1 aliphatic rings. The lowest BCUT2D eigenvalue weighted by atomic mass is 9.96. The molecule has 0 radical (unpaired) electrons. The average molecular weight is 344 g/mol. The van der Waals surface area contributed by atoms with Gasteiger partial charge in [-0.3, -0.25) is 9.63 Å². The molecule has 2 aromatic rings. The van der Waals surface area contributed by atoms with Crippen molar-refractivity contribution >= 4 is 17.4 Å². The van der Waals surface area contributed by atoms with E-state index in [0.29, 0.717) is 36.3 Å². The van der Waals surface area contributed by atoms with E-state index in [2.05, 4.69) is 25.6 Å². The SMILES string of the molecule is CONC(=O)C1CCN(c2ccc3nnc(C(F)(F)F)n3n2)CC1. The molecule has 1 N–H and O–H groups in total. The summed E-state index contributed by atoms with van der Waals surface area (Å²) >= 11 is 0. The highest BCUT2D eigenvalue weighted by molar-refractivity contribution is 5.77. The van der Waals surface area contributed by atoms with Crippen LogP contribution in [0.2, 0.25) is 0 Å². The van der Waals surface area contributed by atoms with E-state index < -0.39 is 12.0 Å². The number of fused-ring (bicyclic) bond motifs is 1. The Kier molecular flexibility index (Phi) is 4.26. The highest BCUT2D eigenvalue weighted by atomic mass is 19.4. The minimum atomic E-state index is -4.63. The molecule has 0 atom stereocenters. The molecule has 2 aromatic heterocycles. The number of carbonyl (C=O) groups excluding carboxylic acids is 1. The fraction of sp³-hybridized carbons (Fsp3) is 0.538. The zero-order valence-electron chi connectivity index (χ0n) is 12.7. The van der Waals surface area contributed by atoms with Crippen LogP contribution < -0.4 is 10.4 Å². The first kappa shape index (κ1) is 16.4. The number of hydrogen-bond acceptors (Lipinski definition) is 6. The van der Waals surface area contributed by atoms with Crippen LogP contribution in [0, 0.1) is 5.92 Å². The van der Waals surface area contributed by atoms with Gasteiger partial charge in [-0.15, -0.1) is 15.3 Å². The molecular weight excluding hydrogens is 329 g/mol. The van der Waals surface area contributed by atoms with Gasteiger partial charge in [0.25, 0.3) is 5.82 Å². The zero-order valence-corrected chi connectivity index (χ0v) is 12.7. The van der Waals surface area contributed by atoms with Crippen LogP contribution in [0.1, 0.15) is 18.7 Å². The van der Waals surface area contributed by atoms with Crippen LogP contribution in [-0.2, 0) is 15.8 Å². The van der Waals surface area contributed by atoms with Crippen LogP contribution >= 0.6 is 0 Å². The third-order valence-corrected chi connectivity index (χ3v) is 3.89. The zero-order chi connectivity index (χ0) is 17.3. The molecule has 11 heteroatoms. The van der Waals surface area contributed by atoms with Crippen molar-refractivity contribution in [2.75, 3.05) is 25.1 Å². The Morgan fingerprint density at radius 1 is 1.29 bits per heavy atom. The highest BCUT2D eigenvalue weighted by Gasteiger charge is 2.38. The van der Waals surface area contributed by atoms with Crippen molar-refractivity contribution in [3.63, 3.8) is 0 Å². The number of nitrogens with zero attached hydrogens (tertiary/aromatic N) is 5.